The summed E-state index contributed by atoms with van der Waals surface area (Å²) in [5, 5.41) is 13.7. The number of hydrogen-bond acceptors (Lipinski definition) is 4. The maximum Gasteiger partial charge on any atom is 0.460 e. The van der Waals surface area contributed by atoms with Gasteiger partial charge in [-0.3, -0.25) is 4.79 Å². The van der Waals surface area contributed by atoms with Gasteiger partial charge in [-0.15, -0.1) is 0 Å². The van der Waals surface area contributed by atoms with Crippen molar-refractivity contribution in [3.8, 4) is 5.75 Å². The molecule has 5 nitrogen and oxygen atoms in total. The van der Waals surface area contributed by atoms with Crippen molar-refractivity contribution in [1.82, 2.24) is 5.01 Å². The summed E-state index contributed by atoms with van der Waals surface area (Å²) in [4.78, 5) is 12.7. The lowest BCUT2D eigenvalue weighted by Gasteiger charge is -2.41. The molecule has 2 aliphatic rings. The fraction of sp³-hybridized carbons (Fsp3) is 0.667. The van der Waals surface area contributed by atoms with E-state index < -0.39 is 53.1 Å². The number of hydrazone groups is 1. The van der Waals surface area contributed by atoms with Crippen LogP contribution in [0, 0.1) is 5.41 Å². The third kappa shape index (κ3) is 5.05. The predicted octanol–water partition coefficient (Wildman–Crippen LogP) is 6.27. The molecule has 1 aliphatic heterocycles. The summed E-state index contributed by atoms with van der Waals surface area (Å²) in [7, 11) is 0. The Morgan fingerprint density at radius 2 is 1.58 bits per heavy atom. The summed E-state index contributed by atoms with van der Waals surface area (Å²) in [6.07, 6.45) is -2.61. The summed E-state index contributed by atoms with van der Waals surface area (Å²) in [5.74, 6) is -13.7. The second-order valence-electron chi connectivity index (χ2n) is 10.3. The molecule has 1 atom stereocenters. The largest absolute Gasteiger partial charge is 0.484 e. The van der Waals surface area contributed by atoms with Crippen LogP contribution in [-0.4, -0.2) is 52.1 Å². The molecule has 0 unspecified atom stereocenters. The number of alkyl halides is 7. The lowest BCUT2D eigenvalue weighted by Crippen LogP contribution is -2.69. The molecule has 36 heavy (non-hydrogen) atoms. The molecule has 1 amide bonds. The molecule has 1 saturated carbocycles. The van der Waals surface area contributed by atoms with E-state index in [1.54, 1.807) is 24.3 Å². The van der Waals surface area contributed by atoms with E-state index in [2.05, 4.69) is 5.10 Å². The van der Waals surface area contributed by atoms with Crippen LogP contribution < -0.4 is 4.74 Å². The van der Waals surface area contributed by atoms with E-state index in [4.69, 9.17) is 4.74 Å². The molecule has 0 saturated heterocycles. The van der Waals surface area contributed by atoms with Crippen LogP contribution in [0.3, 0.4) is 0 Å². The van der Waals surface area contributed by atoms with E-state index in [1.165, 1.54) is 27.2 Å². The normalized spacial score (nSPS) is 22.5. The predicted molar refractivity (Wildman–Crippen MR) is 117 cm³/mol. The number of carbonyl (C=O) groups excluding carboxylic acids is 1. The molecule has 1 N–H and O–H groups in total. The van der Waals surface area contributed by atoms with Crippen LogP contribution in [-0.2, 0) is 4.79 Å². The number of carbonyl (C=O) groups is 1. The Morgan fingerprint density at radius 1 is 1.03 bits per heavy atom. The highest BCUT2D eigenvalue weighted by Crippen LogP contribution is 2.55. The van der Waals surface area contributed by atoms with Gasteiger partial charge < -0.3 is 9.84 Å². The summed E-state index contributed by atoms with van der Waals surface area (Å²) in [6, 6.07) is 6.67. The van der Waals surface area contributed by atoms with Crippen molar-refractivity contribution >= 4 is 11.6 Å². The van der Waals surface area contributed by atoms with Crippen molar-refractivity contribution < 1.29 is 45.4 Å². The number of benzene rings is 1. The second-order valence-corrected chi connectivity index (χ2v) is 10.3. The Balaban J connectivity index is 1.82. The van der Waals surface area contributed by atoms with Crippen molar-refractivity contribution in [2.24, 2.45) is 10.5 Å². The van der Waals surface area contributed by atoms with Gasteiger partial charge in [0.2, 0.25) is 5.72 Å². The number of aliphatic hydroxyl groups is 1. The number of hydrogen-bond donors (Lipinski definition) is 1. The molecule has 202 valence electrons. The highest BCUT2D eigenvalue weighted by atomic mass is 19.4. The van der Waals surface area contributed by atoms with E-state index in [1.807, 2.05) is 0 Å². The molecule has 0 aromatic heterocycles. The highest BCUT2D eigenvalue weighted by molar-refractivity contribution is 5.94. The van der Waals surface area contributed by atoms with Crippen molar-refractivity contribution in [2.45, 2.75) is 89.0 Å². The first kappa shape index (κ1) is 28.2. The molecule has 3 rings (SSSR count). The van der Waals surface area contributed by atoms with Crippen molar-refractivity contribution in [3.63, 3.8) is 0 Å². The fourth-order valence-electron chi connectivity index (χ4n) is 4.38. The molecule has 0 bridgehead atoms. The first-order valence-electron chi connectivity index (χ1n) is 11.6. The van der Waals surface area contributed by atoms with E-state index >= 15 is 0 Å². The first-order chi connectivity index (χ1) is 16.4. The number of amides is 1. The Morgan fingerprint density at radius 3 is 2.08 bits per heavy atom. The zero-order chi connectivity index (χ0) is 27.2. The van der Waals surface area contributed by atoms with E-state index in [0.717, 1.165) is 31.2 Å². The van der Waals surface area contributed by atoms with Crippen molar-refractivity contribution in [1.29, 1.82) is 0 Å². The van der Waals surface area contributed by atoms with Crippen LogP contribution in [0.15, 0.2) is 29.4 Å². The summed E-state index contributed by atoms with van der Waals surface area (Å²) in [5.41, 5.74) is -4.67. The van der Waals surface area contributed by atoms with Crippen molar-refractivity contribution in [2.75, 3.05) is 6.61 Å². The molecule has 0 spiro atoms. The minimum absolute atomic E-state index is 0.151. The van der Waals surface area contributed by atoms with Crippen LogP contribution in [0.1, 0.15) is 70.8 Å². The van der Waals surface area contributed by atoms with Gasteiger partial charge in [-0.05, 0) is 36.5 Å². The minimum Gasteiger partial charge on any atom is -0.484 e. The van der Waals surface area contributed by atoms with Gasteiger partial charge in [-0.1, -0.05) is 52.2 Å². The monoisotopic (exact) mass is 526 g/mol. The lowest BCUT2D eigenvalue weighted by atomic mass is 9.83. The van der Waals surface area contributed by atoms with Crippen LogP contribution in [0.25, 0.3) is 0 Å². The molecule has 1 fully saturated rings. The summed E-state index contributed by atoms with van der Waals surface area (Å²) >= 11 is 0. The van der Waals surface area contributed by atoms with Gasteiger partial charge in [0.25, 0.3) is 5.91 Å². The maximum absolute atomic E-state index is 14.7. The standard InChI is InChI=1S/C24H29F7N2O3/c1-20(2,3)18-13-21(35,22(25,26)23(27,28)24(29,30)31)33(32-18)19(34)14-36-17-11-9-16(10-12-17)15-7-5-4-6-8-15/h9-12,15,35H,4-8,13-14H2,1-3H3/t21-/m1/s1. The SMILES string of the molecule is CC(C)(C)C1=NN(C(=O)COc2ccc(C3CCCCC3)cc2)[C@](O)(C(F)(F)C(F)(F)C(F)(F)F)C1. The quantitative estimate of drug-likeness (QED) is 0.445. The third-order valence-electron chi connectivity index (χ3n) is 6.66. The van der Waals surface area contributed by atoms with Crippen LogP contribution in [0.2, 0.25) is 0 Å². The Kier molecular flexibility index (Phi) is 7.44. The summed E-state index contributed by atoms with van der Waals surface area (Å²) < 4.78 is 101. The van der Waals surface area contributed by atoms with E-state index in [-0.39, 0.29) is 11.5 Å². The van der Waals surface area contributed by atoms with Gasteiger partial charge in [-0.25, -0.2) is 0 Å². The van der Waals surface area contributed by atoms with Gasteiger partial charge in [0.05, 0.1) is 0 Å². The van der Waals surface area contributed by atoms with E-state index in [0.29, 0.717) is 5.92 Å². The van der Waals surface area contributed by atoms with Crippen LogP contribution in [0.5, 0.6) is 5.75 Å². The first-order valence-corrected chi connectivity index (χ1v) is 11.6. The zero-order valence-corrected chi connectivity index (χ0v) is 20.1. The Bertz CT molecular complexity index is 981. The maximum atomic E-state index is 14.7. The minimum atomic E-state index is -6.69. The van der Waals surface area contributed by atoms with Crippen molar-refractivity contribution in [3.05, 3.63) is 29.8 Å². The Hall–Kier alpha value is -2.37. The molecule has 1 aromatic rings. The Labute approximate surface area is 204 Å². The molecule has 1 aromatic carbocycles. The summed E-state index contributed by atoms with van der Waals surface area (Å²) in [6.45, 7) is 3.24. The second kappa shape index (κ2) is 9.50. The third-order valence-corrected chi connectivity index (χ3v) is 6.66. The van der Waals surface area contributed by atoms with E-state index in [9.17, 15) is 40.6 Å². The van der Waals surface area contributed by atoms with Crippen LogP contribution >= 0.6 is 0 Å². The molecule has 0 radical (unpaired) electrons. The average Bonchev–Trinajstić information content (AvgIpc) is 3.17. The van der Waals surface area contributed by atoms with Gasteiger partial charge in [0, 0.05) is 17.5 Å². The molecular formula is C24H29F7N2O3. The molecule has 1 aliphatic carbocycles. The van der Waals surface area contributed by atoms with Gasteiger partial charge in [0.1, 0.15) is 5.75 Å². The fourth-order valence-corrected chi connectivity index (χ4v) is 4.38. The number of halogens is 7. The van der Waals surface area contributed by atoms with Crippen LogP contribution in [0.4, 0.5) is 30.7 Å². The smallest absolute Gasteiger partial charge is 0.460 e. The number of nitrogens with zero attached hydrogens (tertiary/aromatic N) is 2. The molecular weight excluding hydrogens is 497 g/mol. The number of rotatable bonds is 6. The topological polar surface area (TPSA) is 62.1 Å². The van der Waals surface area contributed by atoms with Gasteiger partial charge in [-0.2, -0.15) is 40.8 Å². The highest BCUT2D eigenvalue weighted by Gasteiger charge is 2.82. The average molecular weight is 526 g/mol. The van der Waals surface area contributed by atoms with Gasteiger partial charge >= 0.3 is 18.0 Å². The zero-order valence-electron chi connectivity index (χ0n) is 20.1. The van der Waals surface area contributed by atoms with Gasteiger partial charge in [0.15, 0.2) is 6.61 Å². The molecule has 1 heterocycles. The molecule has 12 heteroatoms. The lowest BCUT2D eigenvalue weighted by molar-refractivity contribution is -0.401. The number of ether oxygens (including phenoxy) is 1.